The van der Waals surface area contributed by atoms with Crippen LogP contribution in [0.5, 0.6) is 0 Å². The van der Waals surface area contributed by atoms with Crippen LogP contribution >= 0.6 is 0 Å². The van der Waals surface area contributed by atoms with Gasteiger partial charge in [0, 0.05) is 13.1 Å². The third kappa shape index (κ3) is 15.2. The van der Waals surface area contributed by atoms with E-state index in [1.807, 2.05) is 6.92 Å². The van der Waals surface area contributed by atoms with E-state index in [1.54, 1.807) is 13.8 Å². The molecule has 1 amide bonds. The maximum atomic E-state index is 11.5. The molecule has 0 saturated carbocycles. The Morgan fingerprint density at radius 3 is 1.84 bits per heavy atom. The lowest BCUT2D eigenvalue weighted by atomic mass is 10.6. The number of nitrogens with one attached hydrogen (secondary N) is 2. The number of likely N-dealkylation sites (N-methyl/N-ethyl adjacent to an activating group) is 1. The second-order valence-corrected chi connectivity index (χ2v) is 7.65. The lowest BCUT2D eigenvalue weighted by Gasteiger charge is -2.10. The topological polar surface area (TPSA) is 112 Å². The minimum Gasteiger partial charge on any atom is -0.378 e. The highest BCUT2D eigenvalue weighted by Gasteiger charge is 2.13. The summed E-state index contributed by atoms with van der Waals surface area (Å²) in [6.07, 6.45) is 0. The molecule has 150 valence electrons. The zero-order valence-corrected chi connectivity index (χ0v) is 16.2. The standard InChI is InChI=1S/C15H32N2O7S/c1-4-16-15(18)13-24-12-11-23-10-9-22-8-7-21-6-5-17-25(19,20)14(2)3/h14,17H,4-13H2,1-3H3,(H,16,18). The smallest absolute Gasteiger partial charge is 0.245 e. The Morgan fingerprint density at radius 2 is 1.36 bits per heavy atom. The highest BCUT2D eigenvalue weighted by Crippen LogP contribution is 1.94. The molecule has 0 aliphatic carbocycles. The van der Waals surface area contributed by atoms with Gasteiger partial charge in [0.2, 0.25) is 15.9 Å². The fraction of sp³-hybridized carbons (Fsp3) is 0.933. The van der Waals surface area contributed by atoms with Crippen molar-refractivity contribution in [1.29, 1.82) is 0 Å². The summed E-state index contributed by atoms with van der Waals surface area (Å²) in [5.41, 5.74) is 0. The summed E-state index contributed by atoms with van der Waals surface area (Å²) >= 11 is 0. The lowest BCUT2D eigenvalue weighted by Crippen LogP contribution is -2.33. The van der Waals surface area contributed by atoms with E-state index in [9.17, 15) is 13.2 Å². The molecule has 25 heavy (non-hydrogen) atoms. The van der Waals surface area contributed by atoms with Crippen LogP contribution in [0.3, 0.4) is 0 Å². The number of hydrogen-bond donors (Lipinski definition) is 2. The second kappa shape index (κ2) is 15.5. The van der Waals surface area contributed by atoms with Gasteiger partial charge in [-0.15, -0.1) is 0 Å². The van der Waals surface area contributed by atoms with E-state index >= 15 is 0 Å². The number of hydrogen-bond acceptors (Lipinski definition) is 7. The van der Waals surface area contributed by atoms with Crippen LogP contribution in [0.1, 0.15) is 20.8 Å². The van der Waals surface area contributed by atoms with Gasteiger partial charge in [-0.2, -0.15) is 0 Å². The third-order valence-corrected chi connectivity index (χ3v) is 4.74. The molecule has 0 aromatic heterocycles. The van der Waals surface area contributed by atoms with Gasteiger partial charge in [-0.3, -0.25) is 4.79 Å². The second-order valence-electron chi connectivity index (χ2n) is 5.33. The van der Waals surface area contributed by atoms with Crippen molar-refractivity contribution in [1.82, 2.24) is 10.0 Å². The van der Waals surface area contributed by atoms with Gasteiger partial charge in [-0.1, -0.05) is 0 Å². The minimum absolute atomic E-state index is 0.0400. The van der Waals surface area contributed by atoms with Crippen LogP contribution in [0.15, 0.2) is 0 Å². The zero-order valence-electron chi connectivity index (χ0n) is 15.4. The molecular weight excluding hydrogens is 352 g/mol. The summed E-state index contributed by atoms with van der Waals surface area (Å²) in [5.74, 6) is -0.136. The van der Waals surface area contributed by atoms with Gasteiger partial charge < -0.3 is 24.3 Å². The van der Waals surface area contributed by atoms with Gasteiger partial charge in [-0.25, -0.2) is 13.1 Å². The summed E-state index contributed by atoms with van der Waals surface area (Å²) < 4.78 is 46.3. The fourth-order valence-corrected chi connectivity index (χ4v) is 2.20. The summed E-state index contributed by atoms with van der Waals surface area (Å²) in [5, 5.41) is 2.18. The fourth-order valence-electron chi connectivity index (χ4n) is 1.50. The van der Waals surface area contributed by atoms with Gasteiger partial charge in [0.05, 0.1) is 51.5 Å². The third-order valence-electron chi connectivity index (χ3n) is 2.89. The first kappa shape index (κ1) is 24.2. The van der Waals surface area contributed by atoms with Gasteiger partial charge in [0.15, 0.2) is 0 Å². The van der Waals surface area contributed by atoms with Crippen molar-refractivity contribution in [3.63, 3.8) is 0 Å². The van der Waals surface area contributed by atoms with Crippen LogP contribution in [0.25, 0.3) is 0 Å². The SMILES string of the molecule is CCNC(=O)COCCOCCOCCOCCNS(=O)(=O)C(C)C. The Balaban J connectivity index is 3.23. The normalized spacial score (nSPS) is 11.8. The molecule has 0 aliphatic rings. The van der Waals surface area contributed by atoms with Crippen LogP contribution < -0.4 is 10.0 Å². The lowest BCUT2D eigenvalue weighted by molar-refractivity contribution is -0.126. The maximum absolute atomic E-state index is 11.5. The Labute approximate surface area is 150 Å². The van der Waals surface area contributed by atoms with Crippen LogP contribution in [-0.4, -0.2) is 85.5 Å². The number of amides is 1. The van der Waals surface area contributed by atoms with E-state index in [0.29, 0.717) is 52.8 Å². The summed E-state index contributed by atoms with van der Waals surface area (Å²) in [6.45, 7) is 8.68. The molecule has 0 spiro atoms. The quantitative estimate of drug-likeness (QED) is 0.326. The molecule has 0 heterocycles. The molecular formula is C15H32N2O7S. The number of carbonyl (C=O) groups is 1. The van der Waals surface area contributed by atoms with Crippen molar-refractivity contribution >= 4 is 15.9 Å². The molecule has 0 unspecified atom stereocenters. The molecule has 0 saturated heterocycles. The van der Waals surface area contributed by atoms with E-state index in [0.717, 1.165) is 0 Å². The molecule has 0 aromatic carbocycles. The molecule has 0 aromatic rings. The monoisotopic (exact) mass is 384 g/mol. The van der Waals surface area contributed by atoms with E-state index in [1.165, 1.54) is 0 Å². The van der Waals surface area contributed by atoms with Crippen LogP contribution in [0, 0.1) is 0 Å². The van der Waals surface area contributed by atoms with Gasteiger partial charge in [0.25, 0.3) is 0 Å². The Morgan fingerprint density at radius 1 is 0.880 bits per heavy atom. The minimum atomic E-state index is -3.23. The average molecular weight is 384 g/mol. The Bertz CT molecular complexity index is 430. The molecule has 2 N–H and O–H groups in total. The first-order valence-electron chi connectivity index (χ1n) is 8.46. The van der Waals surface area contributed by atoms with Crippen molar-refractivity contribution in [2.45, 2.75) is 26.0 Å². The predicted octanol–water partition coefficient (Wildman–Crippen LogP) is -0.483. The van der Waals surface area contributed by atoms with E-state index in [2.05, 4.69) is 10.0 Å². The number of ether oxygens (including phenoxy) is 4. The molecule has 0 radical (unpaired) electrons. The highest BCUT2D eigenvalue weighted by molar-refractivity contribution is 7.90. The summed E-state index contributed by atoms with van der Waals surface area (Å²) in [6, 6.07) is 0. The first-order chi connectivity index (χ1) is 11.9. The van der Waals surface area contributed by atoms with E-state index in [4.69, 9.17) is 18.9 Å². The first-order valence-corrected chi connectivity index (χ1v) is 10.0. The molecule has 9 nitrogen and oxygen atoms in total. The molecule has 10 heteroatoms. The maximum Gasteiger partial charge on any atom is 0.245 e. The predicted molar refractivity (Wildman–Crippen MR) is 94.0 cm³/mol. The Kier molecular flexibility index (Phi) is 15.0. The molecule has 0 rings (SSSR count). The van der Waals surface area contributed by atoms with Crippen LogP contribution in [-0.2, 0) is 33.8 Å². The summed E-state index contributed by atoms with van der Waals surface area (Å²) in [7, 11) is -3.23. The van der Waals surface area contributed by atoms with Gasteiger partial charge in [0.1, 0.15) is 6.61 Å². The van der Waals surface area contributed by atoms with Crippen molar-refractivity contribution in [3.05, 3.63) is 0 Å². The summed E-state index contributed by atoms with van der Waals surface area (Å²) in [4.78, 5) is 11.1. The Hall–Kier alpha value is -0.780. The van der Waals surface area contributed by atoms with Crippen molar-refractivity contribution in [2.75, 3.05) is 65.9 Å². The highest BCUT2D eigenvalue weighted by atomic mass is 32.2. The van der Waals surface area contributed by atoms with E-state index in [-0.39, 0.29) is 19.1 Å². The van der Waals surface area contributed by atoms with Crippen molar-refractivity contribution in [3.8, 4) is 0 Å². The number of rotatable bonds is 17. The molecule has 0 bridgehead atoms. The molecule has 0 aliphatic heterocycles. The molecule has 0 atom stereocenters. The number of carbonyl (C=O) groups excluding carboxylic acids is 1. The van der Waals surface area contributed by atoms with Crippen molar-refractivity contribution < 1.29 is 32.2 Å². The average Bonchev–Trinajstić information content (AvgIpc) is 2.55. The van der Waals surface area contributed by atoms with Crippen LogP contribution in [0.2, 0.25) is 0 Å². The van der Waals surface area contributed by atoms with Gasteiger partial charge in [-0.05, 0) is 20.8 Å². The van der Waals surface area contributed by atoms with Crippen LogP contribution in [0.4, 0.5) is 0 Å². The van der Waals surface area contributed by atoms with Crippen molar-refractivity contribution in [2.24, 2.45) is 0 Å². The largest absolute Gasteiger partial charge is 0.378 e. The molecule has 0 fully saturated rings. The number of sulfonamides is 1. The zero-order chi connectivity index (χ0) is 19.0. The van der Waals surface area contributed by atoms with E-state index < -0.39 is 15.3 Å². The van der Waals surface area contributed by atoms with Gasteiger partial charge >= 0.3 is 0 Å².